The van der Waals surface area contributed by atoms with Gasteiger partial charge in [0.2, 0.25) is 10.0 Å². The van der Waals surface area contributed by atoms with E-state index in [1.54, 1.807) is 0 Å². The van der Waals surface area contributed by atoms with Gasteiger partial charge in [0.15, 0.2) is 0 Å². The molecule has 0 aliphatic heterocycles. The van der Waals surface area contributed by atoms with E-state index in [9.17, 15) is 17.2 Å². The van der Waals surface area contributed by atoms with Crippen LogP contribution in [-0.2, 0) is 10.0 Å². The number of aliphatic hydroxyl groups excluding tert-OH is 1. The van der Waals surface area contributed by atoms with E-state index in [-0.39, 0.29) is 6.54 Å². The highest BCUT2D eigenvalue weighted by atomic mass is 32.2. The Labute approximate surface area is 97.3 Å². The van der Waals surface area contributed by atoms with Crippen molar-refractivity contribution in [3.05, 3.63) is 23.8 Å². The molecule has 17 heavy (non-hydrogen) atoms. The highest BCUT2D eigenvalue weighted by Crippen LogP contribution is 2.20. The van der Waals surface area contributed by atoms with Crippen molar-refractivity contribution in [3.63, 3.8) is 0 Å². The van der Waals surface area contributed by atoms with Crippen molar-refractivity contribution in [1.29, 1.82) is 0 Å². The Morgan fingerprint density at radius 1 is 1.41 bits per heavy atom. The molecule has 0 saturated carbocycles. The van der Waals surface area contributed by atoms with E-state index >= 15 is 0 Å². The van der Waals surface area contributed by atoms with Crippen LogP contribution in [0.3, 0.4) is 0 Å². The molecule has 0 saturated heterocycles. The van der Waals surface area contributed by atoms with E-state index in [1.165, 1.54) is 6.92 Å². The van der Waals surface area contributed by atoms with Crippen LogP contribution in [0.1, 0.15) is 6.92 Å². The lowest BCUT2D eigenvalue weighted by Crippen LogP contribution is -2.31. The first-order valence-electron chi connectivity index (χ1n) is 4.66. The predicted molar refractivity (Wildman–Crippen MR) is 57.6 cm³/mol. The van der Waals surface area contributed by atoms with Gasteiger partial charge in [-0.25, -0.2) is 21.9 Å². The fraction of sp³-hybridized carbons (Fsp3) is 0.333. The average Bonchev–Trinajstić information content (AvgIpc) is 2.20. The fourth-order valence-electron chi connectivity index (χ4n) is 1.06. The lowest BCUT2D eigenvalue weighted by Gasteiger charge is -2.10. The quantitative estimate of drug-likeness (QED) is 0.679. The lowest BCUT2D eigenvalue weighted by molar-refractivity contribution is 0.198. The molecule has 96 valence electrons. The minimum atomic E-state index is -4.16. The van der Waals surface area contributed by atoms with E-state index in [4.69, 9.17) is 10.8 Å². The van der Waals surface area contributed by atoms with Gasteiger partial charge < -0.3 is 10.8 Å². The van der Waals surface area contributed by atoms with Gasteiger partial charge in [-0.1, -0.05) is 0 Å². The first-order valence-corrected chi connectivity index (χ1v) is 6.14. The average molecular weight is 266 g/mol. The second kappa shape index (κ2) is 4.94. The first-order chi connectivity index (χ1) is 7.74. The highest BCUT2D eigenvalue weighted by Gasteiger charge is 2.21. The van der Waals surface area contributed by atoms with Crippen molar-refractivity contribution < 1.29 is 22.3 Å². The Morgan fingerprint density at radius 2 is 2.00 bits per heavy atom. The summed E-state index contributed by atoms with van der Waals surface area (Å²) in [5.41, 5.74) is 4.69. The maximum atomic E-state index is 13.3. The largest absolute Gasteiger partial charge is 0.396 e. The monoisotopic (exact) mass is 266 g/mol. The molecule has 0 heterocycles. The molecule has 4 N–H and O–H groups in total. The summed E-state index contributed by atoms with van der Waals surface area (Å²) in [5.74, 6) is -2.27. The second-order valence-corrected chi connectivity index (χ2v) is 5.24. The maximum Gasteiger partial charge on any atom is 0.243 e. The van der Waals surface area contributed by atoms with Crippen LogP contribution < -0.4 is 10.5 Å². The Balaban J connectivity index is 3.11. The van der Waals surface area contributed by atoms with Gasteiger partial charge in [0.1, 0.15) is 16.5 Å². The van der Waals surface area contributed by atoms with Gasteiger partial charge >= 0.3 is 0 Å². The highest BCUT2D eigenvalue weighted by molar-refractivity contribution is 7.89. The lowest BCUT2D eigenvalue weighted by atomic mass is 10.3. The van der Waals surface area contributed by atoms with Crippen molar-refractivity contribution in [2.24, 2.45) is 0 Å². The number of nitrogens with two attached hydrogens (primary N) is 1. The van der Waals surface area contributed by atoms with Crippen LogP contribution in [0.25, 0.3) is 0 Å². The number of rotatable bonds is 4. The van der Waals surface area contributed by atoms with Crippen molar-refractivity contribution in [1.82, 2.24) is 4.72 Å². The normalized spacial score (nSPS) is 13.6. The summed E-state index contributed by atoms with van der Waals surface area (Å²) in [6.07, 6.45) is -0.925. The standard InChI is InChI=1S/C9H12F2N2O3S/c1-5(14)4-13-17(15,16)9-3-8(12)6(10)2-7(9)11/h2-3,5,13-14H,4,12H2,1H3/t5-/m0/s1. The predicted octanol–water partition coefficient (Wildman–Crippen LogP) is 0.206. The maximum absolute atomic E-state index is 13.3. The van der Waals surface area contributed by atoms with Crippen LogP contribution in [0, 0.1) is 11.6 Å². The smallest absolute Gasteiger partial charge is 0.243 e. The number of benzene rings is 1. The molecule has 5 nitrogen and oxygen atoms in total. The molecule has 0 spiro atoms. The SMILES string of the molecule is C[C@H](O)CNS(=O)(=O)c1cc(N)c(F)cc1F. The minimum Gasteiger partial charge on any atom is -0.396 e. The minimum absolute atomic E-state index is 0.279. The third-order valence-electron chi connectivity index (χ3n) is 1.91. The van der Waals surface area contributed by atoms with E-state index in [0.717, 1.165) is 0 Å². The molecule has 0 fully saturated rings. The summed E-state index contributed by atoms with van der Waals surface area (Å²) in [4.78, 5) is -0.753. The van der Waals surface area contributed by atoms with Gasteiger partial charge in [-0.3, -0.25) is 0 Å². The van der Waals surface area contributed by atoms with Gasteiger partial charge in [0.05, 0.1) is 11.8 Å². The van der Waals surface area contributed by atoms with Crippen molar-refractivity contribution in [3.8, 4) is 0 Å². The first kappa shape index (κ1) is 13.8. The summed E-state index contributed by atoms with van der Waals surface area (Å²) >= 11 is 0. The molecule has 1 rings (SSSR count). The molecule has 0 aliphatic carbocycles. The number of nitrogens with one attached hydrogen (secondary N) is 1. The van der Waals surface area contributed by atoms with Gasteiger partial charge in [-0.2, -0.15) is 0 Å². The van der Waals surface area contributed by atoms with Crippen LogP contribution >= 0.6 is 0 Å². The number of nitrogen functional groups attached to an aromatic ring is 1. The molecular formula is C9H12F2N2O3S. The van der Waals surface area contributed by atoms with Gasteiger partial charge in [0.25, 0.3) is 0 Å². The number of aliphatic hydroxyl groups is 1. The van der Waals surface area contributed by atoms with E-state index in [1.807, 2.05) is 4.72 Å². The molecule has 0 amide bonds. The van der Waals surface area contributed by atoms with Crippen LogP contribution in [0.4, 0.5) is 14.5 Å². The molecule has 0 unspecified atom stereocenters. The second-order valence-electron chi connectivity index (χ2n) is 3.51. The summed E-state index contributed by atoms with van der Waals surface area (Å²) in [5, 5.41) is 8.93. The molecule has 1 aromatic carbocycles. The Morgan fingerprint density at radius 3 is 2.53 bits per heavy atom. The van der Waals surface area contributed by atoms with Crippen molar-refractivity contribution >= 4 is 15.7 Å². The summed E-state index contributed by atoms with van der Waals surface area (Å²) < 4.78 is 51.2. The van der Waals surface area contributed by atoms with Gasteiger partial charge in [0, 0.05) is 12.6 Å². The summed E-state index contributed by atoms with van der Waals surface area (Å²) in [6.45, 7) is 1.08. The number of hydrogen-bond donors (Lipinski definition) is 3. The Kier molecular flexibility index (Phi) is 4.02. The van der Waals surface area contributed by atoms with Crippen LogP contribution in [0.15, 0.2) is 17.0 Å². The zero-order chi connectivity index (χ0) is 13.2. The van der Waals surface area contributed by atoms with Crippen LogP contribution in [-0.4, -0.2) is 26.2 Å². The molecule has 0 aromatic heterocycles. The summed E-state index contributed by atoms with van der Waals surface area (Å²) in [6, 6.07) is 1.08. The molecular weight excluding hydrogens is 254 g/mol. The Hall–Kier alpha value is -1.25. The number of sulfonamides is 1. The molecule has 0 aliphatic rings. The van der Waals surface area contributed by atoms with E-state index < -0.39 is 38.3 Å². The zero-order valence-corrected chi connectivity index (χ0v) is 9.76. The van der Waals surface area contributed by atoms with Crippen molar-refractivity contribution in [2.75, 3.05) is 12.3 Å². The van der Waals surface area contributed by atoms with E-state index in [2.05, 4.69) is 0 Å². The van der Waals surface area contributed by atoms with E-state index in [0.29, 0.717) is 12.1 Å². The zero-order valence-electron chi connectivity index (χ0n) is 8.94. The van der Waals surface area contributed by atoms with Crippen molar-refractivity contribution in [2.45, 2.75) is 17.9 Å². The molecule has 1 aromatic rings. The van der Waals surface area contributed by atoms with Crippen LogP contribution in [0.2, 0.25) is 0 Å². The molecule has 8 heteroatoms. The number of halogens is 2. The molecule has 0 bridgehead atoms. The summed E-state index contributed by atoms with van der Waals surface area (Å²) in [7, 11) is -4.16. The molecule has 1 atom stereocenters. The van der Waals surface area contributed by atoms with Crippen LogP contribution in [0.5, 0.6) is 0 Å². The molecule has 0 radical (unpaired) electrons. The third kappa shape index (κ3) is 3.35. The fourth-order valence-corrected chi connectivity index (χ4v) is 2.27. The Bertz CT molecular complexity index is 517. The number of hydrogen-bond acceptors (Lipinski definition) is 4. The van der Waals surface area contributed by atoms with Gasteiger partial charge in [-0.15, -0.1) is 0 Å². The topological polar surface area (TPSA) is 92.4 Å². The number of anilines is 1. The van der Waals surface area contributed by atoms with Gasteiger partial charge in [-0.05, 0) is 13.0 Å². The third-order valence-corrected chi connectivity index (χ3v) is 3.35.